The lowest BCUT2D eigenvalue weighted by Crippen LogP contribution is -1.95. The van der Waals surface area contributed by atoms with Crippen LogP contribution in [0.1, 0.15) is 35.7 Å². The largest absolute Gasteiger partial charge is 0.454 e. The summed E-state index contributed by atoms with van der Waals surface area (Å²) in [5, 5.41) is 0. The first-order valence-corrected chi connectivity index (χ1v) is 4.61. The van der Waals surface area contributed by atoms with Crippen LogP contribution in [0.3, 0.4) is 0 Å². The van der Waals surface area contributed by atoms with E-state index in [9.17, 15) is 4.79 Å². The van der Waals surface area contributed by atoms with Gasteiger partial charge in [-0.15, -0.1) is 0 Å². The van der Waals surface area contributed by atoms with Crippen LogP contribution in [0.2, 0.25) is 0 Å². The van der Waals surface area contributed by atoms with E-state index in [0.717, 1.165) is 17.6 Å². The quantitative estimate of drug-likeness (QED) is 0.675. The minimum absolute atomic E-state index is 0.245. The van der Waals surface area contributed by atoms with Crippen LogP contribution < -0.4 is 9.47 Å². The van der Waals surface area contributed by atoms with E-state index in [-0.39, 0.29) is 6.79 Å². The second-order valence-electron chi connectivity index (χ2n) is 3.61. The van der Waals surface area contributed by atoms with Gasteiger partial charge < -0.3 is 9.47 Å². The standard InChI is InChI=1S/C11H12O3/c1-7(2)9-4-11-10(13-6-14-11)3-8(9)5-12/h3-5,7H,6H2,1-2H3. The summed E-state index contributed by atoms with van der Waals surface area (Å²) in [6.07, 6.45) is 0.858. The minimum Gasteiger partial charge on any atom is -0.454 e. The van der Waals surface area contributed by atoms with E-state index in [1.165, 1.54) is 0 Å². The molecule has 0 N–H and O–H groups in total. The molecule has 0 saturated carbocycles. The first-order valence-electron chi connectivity index (χ1n) is 4.61. The first kappa shape index (κ1) is 9.06. The van der Waals surface area contributed by atoms with E-state index in [1.807, 2.05) is 19.9 Å². The van der Waals surface area contributed by atoms with Gasteiger partial charge in [-0.2, -0.15) is 0 Å². The molecule has 0 aliphatic carbocycles. The van der Waals surface area contributed by atoms with Crippen molar-refractivity contribution in [2.24, 2.45) is 0 Å². The second-order valence-corrected chi connectivity index (χ2v) is 3.61. The van der Waals surface area contributed by atoms with Gasteiger partial charge in [-0.05, 0) is 23.6 Å². The Bertz CT molecular complexity index is 369. The molecular weight excluding hydrogens is 180 g/mol. The van der Waals surface area contributed by atoms with Gasteiger partial charge in [0.05, 0.1) is 0 Å². The summed E-state index contributed by atoms with van der Waals surface area (Å²) in [4.78, 5) is 10.8. The third-order valence-corrected chi connectivity index (χ3v) is 2.33. The molecule has 0 spiro atoms. The summed E-state index contributed by atoms with van der Waals surface area (Å²) in [6, 6.07) is 3.63. The van der Waals surface area contributed by atoms with Gasteiger partial charge in [-0.1, -0.05) is 13.8 Å². The van der Waals surface area contributed by atoms with Crippen LogP contribution in [0, 0.1) is 0 Å². The zero-order chi connectivity index (χ0) is 10.1. The molecule has 1 aromatic carbocycles. The summed E-state index contributed by atoms with van der Waals surface area (Å²) in [7, 11) is 0. The topological polar surface area (TPSA) is 35.5 Å². The first-order chi connectivity index (χ1) is 6.72. The molecule has 0 aromatic heterocycles. The highest BCUT2D eigenvalue weighted by molar-refractivity contribution is 5.79. The van der Waals surface area contributed by atoms with Gasteiger partial charge in [0.2, 0.25) is 6.79 Å². The van der Waals surface area contributed by atoms with Crippen molar-refractivity contribution in [3.8, 4) is 11.5 Å². The molecule has 1 heterocycles. The van der Waals surface area contributed by atoms with Crippen LogP contribution >= 0.6 is 0 Å². The van der Waals surface area contributed by atoms with Gasteiger partial charge >= 0.3 is 0 Å². The maximum Gasteiger partial charge on any atom is 0.231 e. The van der Waals surface area contributed by atoms with Crippen LogP contribution in [-0.2, 0) is 0 Å². The highest BCUT2D eigenvalue weighted by atomic mass is 16.7. The Hall–Kier alpha value is -1.51. The van der Waals surface area contributed by atoms with E-state index in [2.05, 4.69) is 0 Å². The second kappa shape index (κ2) is 3.33. The Morgan fingerprint density at radius 1 is 1.29 bits per heavy atom. The molecule has 14 heavy (non-hydrogen) atoms. The van der Waals surface area contributed by atoms with Crippen molar-refractivity contribution in [2.75, 3.05) is 6.79 Å². The van der Waals surface area contributed by atoms with Crippen molar-refractivity contribution in [3.05, 3.63) is 23.3 Å². The summed E-state index contributed by atoms with van der Waals surface area (Å²) in [5.74, 6) is 1.71. The van der Waals surface area contributed by atoms with Crippen molar-refractivity contribution >= 4 is 6.29 Å². The Morgan fingerprint density at radius 3 is 2.50 bits per heavy atom. The monoisotopic (exact) mass is 192 g/mol. The van der Waals surface area contributed by atoms with Crippen LogP contribution in [0.5, 0.6) is 11.5 Å². The molecule has 3 heteroatoms. The van der Waals surface area contributed by atoms with Gasteiger partial charge in [0.25, 0.3) is 0 Å². The van der Waals surface area contributed by atoms with E-state index in [1.54, 1.807) is 6.07 Å². The number of carbonyl (C=O) groups is 1. The highest BCUT2D eigenvalue weighted by Gasteiger charge is 2.17. The van der Waals surface area contributed by atoms with Crippen molar-refractivity contribution < 1.29 is 14.3 Å². The summed E-state index contributed by atoms with van der Waals surface area (Å²) < 4.78 is 10.4. The normalized spacial score (nSPS) is 13.4. The number of hydrogen-bond donors (Lipinski definition) is 0. The van der Waals surface area contributed by atoms with Crippen molar-refractivity contribution in [2.45, 2.75) is 19.8 Å². The predicted octanol–water partition coefficient (Wildman–Crippen LogP) is 2.35. The lowest BCUT2D eigenvalue weighted by atomic mass is 9.97. The molecule has 74 valence electrons. The molecule has 3 nitrogen and oxygen atoms in total. The van der Waals surface area contributed by atoms with Crippen molar-refractivity contribution in [1.29, 1.82) is 0 Å². The summed E-state index contributed by atoms with van der Waals surface area (Å²) in [5.41, 5.74) is 1.69. The van der Waals surface area contributed by atoms with Crippen LogP contribution in [0.15, 0.2) is 12.1 Å². The Balaban J connectivity index is 2.54. The molecule has 0 atom stereocenters. The Kier molecular flexibility index (Phi) is 2.15. The third kappa shape index (κ3) is 1.35. The Morgan fingerprint density at radius 2 is 1.93 bits per heavy atom. The van der Waals surface area contributed by atoms with Crippen molar-refractivity contribution in [1.82, 2.24) is 0 Å². The van der Waals surface area contributed by atoms with E-state index in [4.69, 9.17) is 9.47 Å². The molecule has 2 rings (SSSR count). The maximum atomic E-state index is 10.8. The molecule has 0 bridgehead atoms. The molecular formula is C11H12O3. The van der Waals surface area contributed by atoms with E-state index >= 15 is 0 Å². The lowest BCUT2D eigenvalue weighted by molar-refractivity contribution is 0.112. The molecule has 0 amide bonds. The molecule has 0 radical (unpaired) electrons. The SMILES string of the molecule is CC(C)c1cc2c(cc1C=O)OCO2. The van der Waals surface area contributed by atoms with Crippen LogP contribution in [-0.4, -0.2) is 13.1 Å². The number of carbonyl (C=O) groups excluding carboxylic acids is 1. The zero-order valence-corrected chi connectivity index (χ0v) is 8.24. The fourth-order valence-corrected chi connectivity index (χ4v) is 1.58. The van der Waals surface area contributed by atoms with Crippen LogP contribution in [0.25, 0.3) is 0 Å². The molecule has 1 aromatic rings. The summed E-state index contributed by atoms with van der Waals surface area (Å²) in [6.45, 7) is 4.34. The minimum atomic E-state index is 0.245. The number of benzene rings is 1. The van der Waals surface area contributed by atoms with Crippen molar-refractivity contribution in [3.63, 3.8) is 0 Å². The molecule has 1 aliphatic rings. The summed E-state index contributed by atoms with van der Waals surface area (Å²) >= 11 is 0. The highest BCUT2D eigenvalue weighted by Crippen LogP contribution is 2.36. The van der Waals surface area contributed by atoms with E-state index < -0.39 is 0 Å². The number of hydrogen-bond acceptors (Lipinski definition) is 3. The van der Waals surface area contributed by atoms with Gasteiger partial charge in [-0.25, -0.2) is 0 Å². The Labute approximate surface area is 82.6 Å². The number of rotatable bonds is 2. The molecule has 0 saturated heterocycles. The smallest absolute Gasteiger partial charge is 0.231 e. The zero-order valence-electron chi connectivity index (χ0n) is 8.24. The van der Waals surface area contributed by atoms with Gasteiger partial charge in [0.15, 0.2) is 11.5 Å². The number of aldehydes is 1. The number of fused-ring (bicyclic) bond motifs is 1. The predicted molar refractivity (Wildman–Crippen MR) is 52.0 cm³/mol. The average molecular weight is 192 g/mol. The van der Waals surface area contributed by atoms with Gasteiger partial charge in [-0.3, -0.25) is 4.79 Å². The maximum absolute atomic E-state index is 10.8. The third-order valence-electron chi connectivity index (χ3n) is 2.33. The lowest BCUT2D eigenvalue weighted by Gasteiger charge is -2.09. The molecule has 1 aliphatic heterocycles. The van der Waals surface area contributed by atoms with Gasteiger partial charge in [0.1, 0.15) is 6.29 Å². The average Bonchev–Trinajstić information content (AvgIpc) is 2.62. The van der Waals surface area contributed by atoms with Crippen LogP contribution in [0.4, 0.5) is 0 Å². The van der Waals surface area contributed by atoms with Gasteiger partial charge in [0, 0.05) is 5.56 Å². The fraction of sp³-hybridized carbons (Fsp3) is 0.364. The van der Waals surface area contributed by atoms with E-state index in [0.29, 0.717) is 17.2 Å². The fourth-order valence-electron chi connectivity index (χ4n) is 1.58. The number of ether oxygens (including phenoxy) is 2. The molecule has 0 fully saturated rings. The molecule has 0 unspecified atom stereocenters.